The highest BCUT2D eigenvalue weighted by Crippen LogP contribution is 2.31. The first-order valence-corrected chi connectivity index (χ1v) is 4.83. The van der Waals surface area contributed by atoms with Crippen LogP contribution in [0.15, 0.2) is 0 Å². The molecule has 1 amide bonds. The van der Waals surface area contributed by atoms with Gasteiger partial charge in [0.2, 0.25) is 5.91 Å². The Bertz CT molecular complexity index is 236. The van der Waals surface area contributed by atoms with E-state index in [1.54, 1.807) is 0 Å². The Hall–Kier alpha value is -1.10. The van der Waals surface area contributed by atoms with Gasteiger partial charge in [0.1, 0.15) is 0 Å². The molecule has 0 atom stereocenters. The van der Waals surface area contributed by atoms with Gasteiger partial charge < -0.3 is 16.2 Å². The smallest absolute Gasteiger partial charge is 0.303 e. The van der Waals surface area contributed by atoms with Gasteiger partial charge >= 0.3 is 5.97 Å². The van der Waals surface area contributed by atoms with Crippen molar-refractivity contribution in [1.82, 2.24) is 5.32 Å². The Morgan fingerprint density at radius 1 is 1.36 bits per heavy atom. The normalized spacial score (nSPS) is 17.5. The molecule has 0 spiro atoms. The number of hydrogen-bond donors (Lipinski definition) is 3. The second-order valence-electron chi connectivity index (χ2n) is 3.76. The highest BCUT2D eigenvalue weighted by molar-refractivity contribution is 5.88. The number of rotatable bonds is 6. The van der Waals surface area contributed by atoms with Crippen LogP contribution >= 0.6 is 0 Å². The molecule has 0 aromatic heterocycles. The molecule has 0 bridgehead atoms. The first-order valence-electron chi connectivity index (χ1n) is 4.83. The quantitative estimate of drug-likeness (QED) is 0.520. The minimum absolute atomic E-state index is 0.104. The molecule has 1 aliphatic carbocycles. The van der Waals surface area contributed by atoms with Crippen LogP contribution in [0.1, 0.15) is 32.1 Å². The van der Waals surface area contributed by atoms with Gasteiger partial charge in [-0.2, -0.15) is 0 Å². The summed E-state index contributed by atoms with van der Waals surface area (Å²) in [6.45, 7) is 0.519. The lowest BCUT2D eigenvalue weighted by Gasteiger charge is -2.09. The molecular weight excluding hydrogens is 184 g/mol. The molecule has 1 fully saturated rings. The van der Waals surface area contributed by atoms with Crippen molar-refractivity contribution in [3.63, 3.8) is 0 Å². The van der Waals surface area contributed by atoms with Crippen molar-refractivity contribution in [3.8, 4) is 0 Å². The third kappa shape index (κ3) is 3.33. The lowest BCUT2D eigenvalue weighted by atomic mass is 10.2. The van der Waals surface area contributed by atoms with Crippen molar-refractivity contribution in [2.75, 3.05) is 6.54 Å². The van der Waals surface area contributed by atoms with E-state index < -0.39 is 11.5 Å². The molecule has 0 aromatic rings. The van der Waals surface area contributed by atoms with Crippen LogP contribution < -0.4 is 11.1 Å². The second kappa shape index (κ2) is 4.41. The van der Waals surface area contributed by atoms with Gasteiger partial charge in [0.15, 0.2) is 0 Å². The van der Waals surface area contributed by atoms with E-state index in [-0.39, 0.29) is 12.3 Å². The van der Waals surface area contributed by atoms with Crippen LogP contribution in [0.3, 0.4) is 0 Å². The fourth-order valence-electron chi connectivity index (χ4n) is 1.14. The summed E-state index contributed by atoms with van der Waals surface area (Å²) in [7, 11) is 0. The largest absolute Gasteiger partial charge is 0.481 e. The number of nitrogens with one attached hydrogen (secondary N) is 1. The predicted molar refractivity (Wildman–Crippen MR) is 50.6 cm³/mol. The van der Waals surface area contributed by atoms with E-state index in [1.165, 1.54) is 0 Å². The van der Waals surface area contributed by atoms with Gasteiger partial charge in [-0.1, -0.05) is 0 Å². The van der Waals surface area contributed by atoms with Crippen LogP contribution in [0.25, 0.3) is 0 Å². The molecule has 14 heavy (non-hydrogen) atoms. The number of carboxylic acids is 1. The minimum Gasteiger partial charge on any atom is -0.481 e. The summed E-state index contributed by atoms with van der Waals surface area (Å²) in [6, 6.07) is 0. The Kier molecular flexibility index (Phi) is 3.46. The van der Waals surface area contributed by atoms with E-state index in [4.69, 9.17) is 10.8 Å². The SMILES string of the molecule is NC1(C(=O)NCCCCC(=O)O)CC1. The summed E-state index contributed by atoms with van der Waals surface area (Å²) in [5, 5.41) is 11.1. The molecule has 1 saturated carbocycles. The van der Waals surface area contributed by atoms with Crippen LogP contribution in [-0.4, -0.2) is 29.1 Å². The van der Waals surface area contributed by atoms with E-state index >= 15 is 0 Å². The summed E-state index contributed by atoms with van der Waals surface area (Å²) >= 11 is 0. The maximum Gasteiger partial charge on any atom is 0.303 e. The summed E-state index contributed by atoms with van der Waals surface area (Å²) in [5.74, 6) is -0.901. The van der Waals surface area contributed by atoms with Gasteiger partial charge in [0.25, 0.3) is 0 Å². The van der Waals surface area contributed by atoms with Gasteiger partial charge in [-0.3, -0.25) is 9.59 Å². The fourth-order valence-corrected chi connectivity index (χ4v) is 1.14. The Morgan fingerprint density at radius 3 is 2.50 bits per heavy atom. The summed E-state index contributed by atoms with van der Waals surface area (Å²) in [4.78, 5) is 21.4. The van der Waals surface area contributed by atoms with E-state index in [2.05, 4.69) is 5.32 Å². The summed E-state index contributed by atoms with van der Waals surface area (Å²) < 4.78 is 0. The van der Waals surface area contributed by atoms with Crippen LogP contribution in [0.2, 0.25) is 0 Å². The number of hydrogen-bond acceptors (Lipinski definition) is 3. The van der Waals surface area contributed by atoms with Crippen LogP contribution in [0, 0.1) is 0 Å². The maximum atomic E-state index is 11.3. The van der Waals surface area contributed by atoms with Gasteiger partial charge in [-0.25, -0.2) is 0 Å². The number of carbonyl (C=O) groups is 2. The van der Waals surface area contributed by atoms with Gasteiger partial charge in [0, 0.05) is 13.0 Å². The Balaban J connectivity index is 1.99. The molecule has 80 valence electrons. The molecule has 0 saturated heterocycles. The van der Waals surface area contributed by atoms with Crippen molar-refractivity contribution in [2.24, 2.45) is 5.73 Å². The molecule has 1 aliphatic rings. The van der Waals surface area contributed by atoms with Gasteiger partial charge in [-0.15, -0.1) is 0 Å². The highest BCUT2D eigenvalue weighted by atomic mass is 16.4. The molecule has 4 N–H and O–H groups in total. The average molecular weight is 200 g/mol. The number of amides is 1. The van der Waals surface area contributed by atoms with Crippen LogP contribution in [-0.2, 0) is 9.59 Å². The average Bonchev–Trinajstić information content (AvgIpc) is 2.83. The van der Waals surface area contributed by atoms with Crippen molar-refractivity contribution < 1.29 is 14.7 Å². The first-order chi connectivity index (χ1) is 6.54. The molecule has 5 nitrogen and oxygen atoms in total. The van der Waals surface area contributed by atoms with Crippen LogP contribution in [0.5, 0.6) is 0 Å². The lowest BCUT2D eigenvalue weighted by Crippen LogP contribution is -2.42. The molecule has 5 heteroatoms. The van der Waals surface area contributed by atoms with Crippen LogP contribution in [0.4, 0.5) is 0 Å². The van der Waals surface area contributed by atoms with Crippen molar-refractivity contribution in [2.45, 2.75) is 37.6 Å². The Labute approximate surface area is 82.7 Å². The number of carboxylic acid groups (broad SMARTS) is 1. The molecule has 1 rings (SSSR count). The molecule has 0 unspecified atom stereocenters. The zero-order chi connectivity index (χ0) is 10.6. The zero-order valence-corrected chi connectivity index (χ0v) is 8.08. The van der Waals surface area contributed by atoms with E-state index in [0.29, 0.717) is 19.4 Å². The number of nitrogens with two attached hydrogens (primary N) is 1. The monoisotopic (exact) mass is 200 g/mol. The molecular formula is C9H16N2O3. The Morgan fingerprint density at radius 2 is 2.00 bits per heavy atom. The lowest BCUT2D eigenvalue weighted by molar-refractivity contribution is -0.137. The van der Waals surface area contributed by atoms with Gasteiger partial charge in [0.05, 0.1) is 5.54 Å². The number of carbonyl (C=O) groups excluding carboxylic acids is 1. The molecule has 0 radical (unpaired) electrons. The van der Waals surface area contributed by atoms with E-state index in [1.807, 2.05) is 0 Å². The number of unbranched alkanes of at least 4 members (excludes halogenated alkanes) is 1. The standard InChI is InChI=1S/C9H16N2O3/c10-9(4-5-9)8(14)11-6-2-1-3-7(12)13/h1-6,10H2,(H,11,14)(H,12,13). The van der Waals surface area contributed by atoms with Crippen molar-refractivity contribution in [3.05, 3.63) is 0 Å². The molecule has 0 aromatic carbocycles. The van der Waals surface area contributed by atoms with Gasteiger partial charge in [-0.05, 0) is 25.7 Å². The summed E-state index contributed by atoms with van der Waals surface area (Å²) in [5.41, 5.74) is 5.03. The van der Waals surface area contributed by atoms with Crippen molar-refractivity contribution >= 4 is 11.9 Å². The highest BCUT2D eigenvalue weighted by Gasteiger charge is 2.45. The first kappa shape index (κ1) is 11.0. The van der Waals surface area contributed by atoms with E-state index in [9.17, 15) is 9.59 Å². The molecule has 0 heterocycles. The third-order valence-electron chi connectivity index (χ3n) is 2.34. The summed E-state index contributed by atoms with van der Waals surface area (Å²) in [6.07, 6.45) is 2.95. The third-order valence-corrected chi connectivity index (χ3v) is 2.34. The van der Waals surface area contributed by atoms with Crippen molar-refractivity contribution in [1.29, 1.82) is 0 Å². The topological polar surface area (TPSA) is 92.4 Å². The van der Waals surface area contributed by atoms with E-state index in [0.717, 1.165) is 12.8 Å². The fraction of sp³-hybridized carbons (Fsp3) is 0.778. The minimum atomic E-state index is -0.797. The second-order valence-corrected chi connectivity index (χ2v) is 3.76. The molecule has 0 aliphatic heterocycles. The maximum absolute atomic E-state index is 11.3. The predicted octanol–water partition coefficient (Wildman–Crippen LogP) is -0.151. The zero-order valence-electron chi connectivity index (χ0n) is 8.08. The number of aliphatic carboxylic acids is 1.